The van der Waals surface area contributed by atoms with Crippen LogP contribution in [0.1, 0.15) is 52.7 Å². The second kappa shape index (κ2) is 7.77. The van der Waals surface area contributed by atoms with Crippen molar-refractivity contribution >= 4 is 16.7 Å². The topological polar surface area (TPSA) is 49.8 Å². The number of fused-ring (bicyclic) bond motifs is 3. The fraction of sp³-hybridized carbons (Fsp3) is 0.346. The molecule has 0 spiro atoms. The quantitative estimate of drug-likeness (QED) is 0.689. The first-order valence-electron chi connectivity index (χ1n) is 10.8. The van der Waals surface area contributed by atoms with E-state index in [9.17, 15) is 9.90 Å². The number of hydrogen-bond acceptors (Lipinski definition) is 3. The highest BCUT2D eigenvalue weighted by Crippen LogP contribution is 2.37. The first-order valence-corrected chi connectivity index (χ1v) is 10.8. The van der Waals surface area contributed by atoms with Gasteiger partial charge in [-0.2, -0.15) is 0 Å². The highest BCUT2D eigenvalue weighted by molar-refractivity contribution is 6.05. The van der Waals surface area contributed by atoms with Crippen LogP contribution in [0.5, 0.6) is 5.75 Å². The Labute approximate surface area is 177 Å². The summed E-state index contributed by atoms with van der Waals surface area (Å²) < 4.78 is 5.27. The lowest BCUT2D eigenvalue weighted by atomic mass is 9.91. The molecule has 1 heterocycles. The van der Waals surface area contributed by atoms with Crippen molar-refractivity contribution in [1.29, 1.82) is 0 Å². The normalized spacial score (nSPS) is 21.1. The molecule has 154 valence electrons. The zero-order valence-corrected chi connectivity index (χ0v) is 17.3. The number of aliphatic hydroxyl groups is 1. The van der Waals surface area contributed by atoms with Gasteiger partial charge < -0.3 is 14.7 Å². The van der Waals surface area contributed by atoms with Gasteiger partial charge in [0.05, 0.1) is 19.3 Å². The first-order chi connectivity index (χ1) is 14.7. The zero-order valence-electron chi connectivity index (χ0n) is 17.3. The molecule has 3 aromatic carbocycles. The third-order valence-electron chi connectivity index (χ3n) is 6.71. The van der Waals surface area contributed by atoms with Gasteiger partial charge in [0, 0.05) is 12.1 Å². The molecule has 1 saturated carbocycles. The fourth-order valence-electron chi connectivity index (χ4n) is 5.10. The van der Waals surface area contributed by atoms with Gasteiger partial charge in [0.2, 0.25) is 0 Å². The Morgan fingerprint density at radius 1 is 1.03 bits per heavy atom. The number of benzene rings is 3. The minimum atomic E-state index is -0.415. The number of carbonyl (C=O) groups is 1. The molecular weight excluding hydrogens is 374 g/mol. The van der Waals surface area contributed by atoms with Crippen LogP contribution in [0, 0.1) is 0 Å². The van der Waals surface area contributed by atoms with Gasteiger partial charge >= 0.3 is 0 Å². The van der Waals surface area contributed by atoms with Crippen LogP contribution in [0.4, 0.5) is 0 Å². The Balaban J connectivity index is 1.54. The van der Waals surface area contributed by atoms with Crippen LogP contribution in [0.25, 0.3) is 10.8 Å². The van der Waals surface area contributed by atoms with Crippen molar-refractivity contribution in [2.24, 2.45) is 0 Å². The average Bonchev–Trinajstić information content (AvgIpc) is 3.11. The summed E-state index contributed by atoms with van der Waals surface area (Å²) in [5.41, 5.74) is 4.25. The Bertz CT molecular complexity index is 1090. The Morgan fingerprint density at radius 3 is 2.50 bits per heavy atom. The number of rotatable bonds is 4. The molecule has 0 bridgehead atoms. The van der Waals surface area contributed by atoms with Gasteiger partial charge in [-0.3, -0.25) is 4.79 Å². The summed E-state index contributed by atoms with van der Waals surface area (Å²) in [5, 5.41) is 12.9. The molecule has 1 aliphatic carbocycles. The van der Waals surface area contributed by atoms with Crippen molar-refractivity contribution in [3.63, 3.8) is 0 Å². The van der Waals surface area contributed by atoms with Gasteiger partial charge in [-0.1, -0.05) is 49.2 Å². The van der Waals surface area contributed by atoms with E-state index in [-0.39, 0.29) is 11.9 Å². The zero-order chi connectivity index (χ0) is 20.7. The lowest BCUT2D eigenvalue weighted by Gasteiger charge is -2.35. The molecule has 0 radical (unpaired) electrons. The number of carbonyl (C=O) groups excluding carboxylic acids is 1. The Hall–Kier alpha value is -2.85. The van der Waals surface area contributed by atoms with E-state index >= 15 is 0 Å². The maximum atomic E-state index is 13.4. The molecule has 1 N–H and O–H groups in total. The molecule has 3 aromatic rings. The molecule has 2 aliphatic rings. The van der Waals surface area contributed by atoms with E-state index in [0.717, 1.165) is 59.9 Å². The predicted octanol–water partition coefficient (Wildman–Crippen LogP) is 4.70. The summed E-state index contributed by atoms with van der Waals surface area (Å²) in [5.74, 6) is 0.909. The van der Waals surface area contributed by atoms with Crippen molar-refractivity contribution < 1.29 is 14.6 Å². The molecule has 5 rings (SSSR count). The van der Waals surface area contributed by atoms with Gasteiger partial charge in [0.1, 0.15) is 5.75 Å². The number of ether oxygens (including phenoxy) is 1. The number of nitrogens with zero attached hydrogens (tertiary/aromatic N) is 1. The van der Waals surface area contributed by atoms with Gasteiger partial charge in [-0.05, 0) is 64.9 Å². The lowest BCUT2D eigenvalue weighted by molar-refractivity contribution is 0.0192. The third-order valence-corrected chi connectivity index (χ3v) is 6.71. The van der Waals surface area contributed by atoms with Gasteiger partial charge in [-0.25, -0.2) is 0 Å². The summed E-state index contributed by atoms with van der Waals surface area (Å²) >= 11 is 0. The molecule has 0 saturated heterocycles. The average molecular weight is 402 g/mol. The van der Waals surface area contributed by atoms with Crippen molar-refractivity contribution in [2.75, 3.05) is 7.11 Å². The summed E-state index contributed by atoms with van der Waals surface area (Å²) in [6.45, 7) is 0.596. The molecule has 4 nitrogen and oxygen atoms in total. The fourth-order valence-corrected chi connectivity index (χ4v) is 5.10. The van der Waals surface area contributed by atoms with Gasteiger partial charge in [0.25, 0.3) is 5.91 Å². The van der Waals surface area contributed by atoms with Crippen LogP contribution < -0.4 is 4.74 Å². The summed E-state index contributed by atoms with van der Waals surface area (Å²) in [7, 11) is 1.67. The van der Waals surface area contributed by atoms with E-state index in [1.165, 1.54) is 10.9 Å². The molecule has 1 fully saturated rings. The van der Waals surface area contributed by atoms with Crippen molar-refractivity contribution in [1.82, 2.24) is 4.90 Å². The van der Waals surface area contributed by atoms with E-state index < -0.39 is 6.10 Å². The van der Waals surface area contributed by atoms with Crippen LogP contribution in [0.2, 0.25) is 0 Å². The van der Waals surface area contributed by atoms with E-state index in [1.807, 2.05) is 23.1 Å². The lowest BCUT2D eigenvalue weighted by Crippen LogP contribution is -2.45. The molecule has 1 amide bonds. The second-order valence-corrected chi connectivity index (χ2v) is 8.48. The highest BCUT2D eigenvalue weighted by atomic mass is 16.5. The molecule has 4 heteroatoms. The summed E-state index contributed by atoms with van der Waals surface area (Å²) in [6.07, 6.45) is 4.14. The number of amides is 1. The monoisotopic (exact) mass is 401 g/mol. The highest BCUT2D eigenvalue weighted by Gasteiger charge is 2.38. The number of hydrogen-bond donors (Lipinski definition) is 1. The maximum absolute atomic E-state index is 13.4. The maximum Gasteiger partial charge on any atom is 0.254 e. The predicted molar refractivity (Wildman–Crippen MR) is 118 cm³/mol. The molecule has 0 aromatic heterocycles. The van der Waals surface area contributed by atoms with Crippen LogP contribution in [-0.4, -0.2) is 35.2 Å². The summed E-state index contributed by atoms with van der Waals surface area (Å²) in [4.78, 5) is 15.3. The molecule has 2 unspecified atom stereocenters. The molecule has 30 heavy (non-hydrogen) atoms. The third kappa shape index (κ3) is 3.25. The Kier molecular flexibility index (Phi) is 4.95. The van der Waals surface area contributed by atoms with E-state index in [2.05, 4.69) is 36.4 Å². The number of methoxy groups -OCH3 is 1. The molecule has 2 atom stereocenters. The van der Waals surface area contributed by atoms with Gasteiger partial charge in [0.15, 0.2) is 0 Å². The second-order valence-electron chi connectivity index (χ2n) is 8.48. The Morgan fingerprint density at radius 2 is 1.77 bits per heavy atom. The SMILES string of the molecule is COc1ccc(Cc2cc3c(c4ccccc24)CN(C2CCCCC2O)C3=O)cc1. The van der Waals surface area contributed by atoms with E-state index in [1.54, 1.807) is 7.11 Å². The van der Waals surface area contributed by atoms with Crippen LogP contribution >= 0.6 is 0 Å². The minimum absolute atomic E-state index is 0.0672. The molecular formula is C26H27NO3. The largest absolute Gasteiger partial charge is 0.497 e. The minimum Gasteiger partial charge on any atom is -0.497 e. The van der Waals surface area contributed by atoms with Crippen LogP contribution in [0.15, 0.2) is 54.6 Å². The molecule has 1 aliphatic heterocycles. The van der Waals surface area contributed by atoms with Crippen LogP contribution in [-0.2, 0) is 13.0 Å². The van der Waals surface area contributed by atoms with Crippen molar-refractivity contribution in [3.8, 4) is 5.75 Å². The van der Waals surface area contributed by atoms with Crippen molar-refractivity contribution in [3.05, 3.63) is 76.9 Å². The van der Waals surface area contributed by atoms with E-state index in [0.29, 0.717) is 6.54 Å². The van der Waals surface area contributed by atoms with E-state index in [4.69, 9.17) is 4.74 Å². The standard InChI is InChI=1S/C26H27NO3/c1-30-19-12-10-17(11-13-19)14-18-15-22-23(21-7-3-2-6-20(18)21)16-27(26(22)29)24-8-4-5-9-25(24)28/h2-3,6-7,10-13,15,24-25,28H,4-5,8-9,14,16H2,1H3. The smallest absolute Gasteiger partial charge is 0.254 e. The first kappa shape index (κ1) is 19.1. The van der Waals surface area contributed by atoms with Crippen LogP contribution in [0.3, 0.4) is 0 Å². The number of aliphatic hydroxyl groups excluding tert-OH is 1. The summed E-state index contributed by atoms with van der Waals surface area (Å²) in [6, 6.07) is 18.5. The van der Waals surface area contributed by atoms with Crippen molar-refractivity contribution in [2.45, 2.75) is 50.8 Å². The van der Waals surface area contributed by atoms with Gasteiger partial charge in [-0.15, -0.1) is 0 Å².